The molecule has 192 valence electrons. The molecule has 2 aromatic carbocycles. The number of anilines is 1. The topological polar surface area (TPSA) is 67.2 Å². The Kier molecular flexibility index (Phi) is 7.89. The van der Waals surface area contributed by atoms with Gasteiger partial charge in [0.05, 0.1) is 29.9 Å². The molecule has 4 rings (SSSR count). The Morgan fingerprint density at radius 3 is 2.49 bits per heavy atom. The predicted molar refractivity (Wildman–Crippen MR) is 135 cm³/mol. The molecule has 0 unspecified atom stereocenters. The van der Waals surface area contributed by atoms with Crippen molar-refractivity contribution >= 4 is 23.5 Å². The molecule has 1 aliphatic heterocycles. The van der Waals surface area contributed by atoms with Crippen LogP contribution in [0.4, 0.5) is 19.1 Å². The van der Waals surface area contributed by atoms with Crippen LogP contribution in [0, 0.1) is 11.8 Å². The molecule has 0 fully saturated rings. The van der Waals surface area contributed by atoms with Crippen molar-refractivity contribution in [3.05, 3.63) is 91.9 Å². The Morgan fingerprint density at radius 2 is 1.84 bits per heavy atom. The average molecular weight is 529 g/mol. The first-order valence-electron chi connectivity index (χ1n) is 11.6. The van der Waals surface area contributed by atoms with Crippen LogP contribution >= 0.6 is 11.6 Å². The van der Waals surface area contributed by atoms with Gasteiger partial charge in [-0.1, -0.05) is 29.7 Å². The maximum Gasteiger partial charge on any atom is 0.416 e. The number of amides is 1. The fourth-order valence-corrected chi connectivity index (χ4v) is 4.21. The summed E-state index contributed by atoms with van der Waals surface area (Å²) in [5.41, 5.74) is 1.29. The third-order valence-electron chi connectivity index (χ3n) is 6.09. The number of nitrogens with one attached hydrogen (secondary N) is 1. The molecular formula is C27H24ClF3N4O2. The van der Waals surface area contributed by atoms with E-state index in [1.165, 1.54) is 16.7 Å². The lowest BCUT2D eigenvalue weighted by Crippen LogP contribution is -2.41. The van der Waals surface area contributed by atoms with E-state index >= 15 is 0 Å². The van der Waals surface area contributed by atoms with E-state index in [0.29, 0.717) is 53.7 Å². The summed E-state index contributed by atoms with van der Waals surface area (Å²) >= 11 is 5.92. The number of nitrogens with zero attached hydrogens (tertiary/aromatic N) is 3. The number of halogens is 4. The minimum atomic E-state index is -4.38. The van der Waals surface area contributed by atoms with E-state index in [0.717, 1.165) is 17.7 Å². The summed E-state index contributed by atoms with van der Waals surface area (Å²) in [5, 5.41) is 3.67. The smallest absolute Gasteiger partial charge is 0.355 e. The molecule has 6 nitrogen and oxygen atoms in total. The van der Waals surface area contributed by atoms with E-state index < -0.39 is 11.7 Å². The Labute approximate surface area is 217 Å². The van der Waals surface area contributed by atoms with Gasteiger partial charge in [0, 0.05) is 30.1 Å². The lowest BCUT2D eigenvalue weighted by molar-refractivity contribution is -0.137. The van der Waals surface area contributed by atoms with Gasteiger partial charge in [-0.15, -0.1) is 5.92 Å². The van der Waals surface area contributed by atoms with Crippen molar-refractivity contribution in [1.29, 1.82) is 0 Å². The highest BCUT2D eigenvalue weighted by Crippen LogP contribution is 2.29. The monoisotopic (exact) mass is 528 g/mol. The van der Waals surface area contributed by atoms with Crippen LogP contribution in [-0.4, -0.2) is 33.4 Å². The molecule has 3 aromatic rings. The number of carbonyl (C=O) groups excluding carboxylic acids is 1. The van der Waals surface area contributed by atoms with Crippen molar-refractivity contribution in [3.63, 3.8) is 0 Å². The van der Waals surface area contributed by atoms with Gasteiger partial charge in [0.1, 0.15) is 0 Å². The quantitative estimate of drug-likeness (QED) is 0.467. The third kappa shape index (κ3) is 6.15. The van der Waals surface area contributed by atoms with Crippen molar-refractivity contribution in [1.82, 2.24) is 14.5 Å². The molecule has 0 atom stereocenters. The Balaban J connectivity index is 1.52. The van der Waals surface area contributed by atoms with Gasteiger partial charge in [-0.05, 0) is 55.3 Å². The largest absolute Gasteiger partial charge is 0.416 e. The molecule has 1 aromatic heterocycles. The summed E-state index contributed by atoms with van der Waals surface area (Å²) < 4.78 is 39.8. The molecule has 10 heteroatoms. The van der Waals surface area contributed by atoms with E-state index in [2.05, 4.69) is 22.1 Å². The fraction of sp³-hybridized carbons (Fsp3) is 0.296. The lowest BCUT2D eigenvalue weighted by atomic mass is 10.1. The first-order valence-corrected chi connectivity index (χ1v) is 12.0. The van der Waals surface area contributed by atoms with E-state index in [1.807, 2.05) is 0 Å². The summed E-state index contributed by atoms with van der Waals surface area (Å²) in [7, 11) is 0. The molecule has 0 saturated heterocycles. The highest BCUT2D eigenvalue weighted by molar-refractivity contribution is 6.30. The van der Waals surface area contributed by atoms with Crippen LogP contribution in [-0.2, 0) is 32.1 Å². The molecule has 0 radical (unpaired) electrons. The SMILES string of the molecule is CC#CCn1c(NCCc2ccc(C(F)(F)F)cc2)nc2c(c1=O)CN(C(=O)c1ccc(Cl)cc1)CC2. The molecule has 1 N–H and O–H groups in total. The molecule has 0 spiro atoms. The van der Waals surface area contributed by atoms with Gasteiger partial charge < -0.3 is 10.2 Å². The van der Waals surface area contributed by atoms with E-state index in [4.69, 9.17) is 11.6 Å². The van der Waals surface area contributed by atoms with Gasteiger partial charge in [0.25, 0.3) is 11.5 Å². The molecule has 0 aliphatic carbocycles. The standard InChI is InChI=1S/C27H24ClF3N4O2/c1-2-3-15-35-25(37)22-17-34(24(36)19-6-10-21(28)11-7-19)16-13-23(22)33-26(35)32-14-12-18-4-8-20(9-5-18)27(29,30)31/h4-11H,12-17H2,1H3,(H,32,33). The Hall–Kier alpha value is -3.77. The minimum Gasteiger partial charge on any atom is -0.355 e. The molecule has 1 amide bonds. The maximum atomic E-state index is 13.4. The maximum absolute atomic E-state index is 13.4. The summed E-state index contributed by atoms with van der Waals surface area (Å²) in [6.07, 6.45) is -3.53. The van der Waals surface area contributed by atoms with Gasteiger partial charge in [-0.2, -0.15) is 13.2 Å². The number of carbonyl (C=O) groups is 1. The van der Waals surface area contributed by atoms with Crippen molar-refractivity contribution in [2.45, 2.75) is 39.0 Å². The van der Waals surface area contributed by atoms with Crippen molar-refractivity contribution < 1.29 is 18.0 Å². The van der Waals surface area contributed by atoms with Crippen LogP contribution in [0.25, 0.3) is 0 Å². The van der Waals surface area contributed by atoms with Gasteiger partial charge in [0.15, 0.2) is 0 Å². The van der Waals surface area contributed by atoms with E-state index in [-0.39, 0.29) is 24.6 Å². The molecule has 37 heavy (non-hydrogen) atoms. The zero-order valence-electron chi connectivity index (χ0n) is 20.0. The zero-order valence-corrected chi connectivity index (χ0v) is 20.8. The fourth-order valence-electron chi connectivity index (χ4n) is 4.08. The normalized spacial score (nSPS) is 12.9. The number of fused-ring (bicyclic) bond motifs is 1. The summed E-state index contributed by atoms with van der Waals surface area (Å²) in [6.45, 7) is 2.68. The summed E-state index contributed by atoms with van der Waals surface area (Å²) in [4.78, 5) is 32.6. The van der Waals surface area contributed by atoms with Crippen LogP contribution in [0.5, 0.6) is 0 Å². The van der Waals surface area contributed by atoms with Gasteiger partial charge in [-0.25, -0.2) is 4.98 Å². The second-order valence-electron chi connectivity index (χ2n) is 8.53. The molecule has 2 heterocycles. The summed E-state index contributed by atoms with van der Waals surface area (Å²) in [6, 6.07) is 11.6. The van der Waals surface area contributed by atoms with Crippen LogP contribution in [0.15, 0.2) is 53.3 Å². The van der Waals surface area contributed by atoms with Gasteiger partial charge in [-0.3, -0.25) is 14.2 Å². The second kappa shape index (κ2) is 11.1. The van der Waals surface area contributed by atoms with Crippen molar-refractivity contribution in [2.24, 2.45) is 0 Å². The minimum absolute atomic E-state index is 0.114. The lowest BCUT2D eigenvalue weighted by Gasteiger charge is -2.29. The zero-order chi connectivity index (χ0) is 26.6. The van der Waals surface area contributed by atoms with Crippen LogP contribution in [0.3, 0.4) is 0 Å². The number of hydrogen-bond donors (Lipinski definition) is 1. The molecule has 0 saturated carbocycles. The van der Waals surface area contributed by atoms with Crippen molar-refractivity contribution in [3.8, 4) is 11.8 Å². The highest BCUT2D eigenvalue weighted by Gasteiger charge is 2.30. The van der Waals surface area contributed by atoms with Gasteiger partial charge in [0.2, 0.25) is 5.95 Å². The van der Waals surface area contributed by atoms with E-state index in [9.17, 15) is 22.8 Å². The number of rotatable bonds is 6. The molecular weight excluding hydrogens is 505 g/mol. The molecule has 1 aliphatic rings. The number of benzene rings is 2. The second-order valence-corrected chi connectivity index (χ2v) is 8.97. The average Bonchev–Trinajstić information content (AvgIpc) is 2.88. The number of hydrogen-bond acceptors (Lipinski definition) is 4. The first kappa shape index (κ1) is 26.3. The summed E-state index contributed by atoms with van der Waals surface area (Å²) in [5.74, 6) is 5.80. The highest BCUT2D eigenvalue weighted by atomic mass is 35.5. The third-order valence-corrected chi connectivity index (χ3v) is 6.34. The van der Waals surface area contributed by atoms with Crippen LogP contribution < -0.4 is 10.9 Å². The van der Waals surface area contributed by atoms with Crippen LogP contribution in [0.2, 0.25) is 5.02 Å². The predicted octanol–water partition coefficient (Wildman–Crippen LogP) is 4.79. The van der Waals surface area contributed by atoms with Crippen molar-refractivity contribution in [2.75, 3.05) is 18.4 Å². The Morgan fingerprint density at radius 1 is 1.14 bits per heavy atom. The first-order chi connectivity index (χ1) is 17.7. The number of alkyl halides is 3. The Bertz CT molecular complexity index is 1410. The van der Waals surface area contributed by atoms with Gasteiger partial charge >= 0.3 is 6.18 Å². The number of aromatic nitrogens is 2. The molecule has 0 bridgehead atoms. The van der Waals surface area contributed by atoms with E-state index in [1.54, 1.807) is 36.1 Å². The van der Waals surface area contributed by atoms with Crippen LogP contribution in [0.1, 0.15) is 39.7 Å².